The van der Waals surface area contributed by atoms with Crippen molar-refractivity contribution in [3.63, 3.8) is 0 Å². The number of imidazole rings is 1. The summed E-state index contributed by atoms with van der Waals surface area (Å²) in [5.74, 6) is 0.146. The monoisotopic (exact) mass is 277 g/mol. The van der Waals surface area contributed by atoms with Crippen LogP contribution >= 0.6 is 0 Å². The molecular weight excluding hydrogens is 262 g/mol. The molecule has 1 aliphatic carbocycles. The number of nitrogens with zero attached hydrogens (tertiary/aromatic N) is 3. The third kappa shape index (κ3) is 1.65. The van der Waals surface area contributed by atoms with Crippen LogP contribution in [0.15, 0.2) is 49.1 Å². The number of hydrogen-bond donors (Lipinski definition) is 0. The summed E-state index contributed by atoms with van der Waals surface area (Å²) in [4.78, 5) is 21.8. The van der Waals surface area contributed by atoms with Crippen molar-refractivity contribution in [1.29, 1.82) is 0 Å². The van der Waals surface area contributed by atoms with Gasteiger partial charge in [-0.3, -0.25) is 9.78 Å². The van der Waals surface area contributed by atoms with Crippen LogP contribution in [-0.2, 0) is 11.8 Å². The molecule has 4 nitrogen and oxygen atoms in total. The number of carbonyl (C=O) groups excluding carboxylic acids is 1. The van der Waals surface area contributed by atoms with Crippen LogP contribution in [-0.4, -0.2) is 20.2 Å². The van der Waals surface area contributed by atoms with Gasteiger partial charge in [-0.1, -0.05) is 6.07 Å². The zero-order valence-corrected chi connectivity index (χ0v) is 11.8. The van der Waals surface area contributed by atoms with Gasteiger partial charge in [0, 0.05) is 35.9 Å². The zero-order chi connectivity index (χ0) is 14.4. The number of aromatic nitrogens is 3. The van der Waals surface area contributed by atoms with Gasteiger partial charge in [-0.25, -0.2) is 4.98 Å². The first-order valence-corrected chi connectivity index (χ1v) is 7.11. The average molecular weight is 277 g/mol. The van der Waals surface area contributed by atoms with Crippen molar-refractivity contribution in [2.45, 2.75) is 25.2 Å². The molecule has 21 heavy (non-hydrogen) atoms. The maximum absolute atomic E-state index is 13.0. The molecule has 4 rings (SSSR count). The van der Waals surface area contributed by atoms with Gasteiger partial charge in [0.15, 0.2) is 5.78 Å². The Morgan fingerprint density at radius 2 is 2.05 bits per heavy atom. The van der Waals surface area contributed by atoms with Crippen LogP contribution in [0.3, 0.4) is 0 Å². The van der Waals surface area contributed by atoms with Crippen LogP contribution < -0.4 is 0 Å². The van der Waals surface area contributed by atoms with Gasteiger partial charge in [0.05, 0.1) is 11.1 Å². The summed E-state index contributed by atoms with van der Waals surface area (Å²) in [5, 5.41) is 0. The van der Waals surface area contributed by atoms with Crippen LogP contribution in [0.25, 0.3) is 5.65 Å². The van der Waals surface area contributed by atoms with E-state index in [-0.39, 0.29) is 5.78 Å². The quantitative estimate of drug-likeness (QED) is 0.687. The molecule has 0 radical (unpaired) electrons. The Labute approximate surface area is 122 Å². The predicted octanol–water partition coefficient (Wildman–Crippen LogP) is 2.82. The number of Topliss-reactive ketones (excluding diaryl/α,β-unsaturated/α-hetero) is 1. The fourth-order valence-electron chi connectivity index (χ4n) is 3.26. The lowest BCUT2D eigenvalue weighted by atomic mass is 9.69. The number of hydrogen-bond acceptors (Lipinski definition) is 3. The second kappa shape index (κ2) is 4.25. The van der Waals surface area contributed by atoms with E-state index in [4.69, 9.17) is 0 Å². The van der Waals surface area contributed by atoms with Crippen LogP contribution in [0.1, 0.15) is 35.0 Å². The molecule has 4 heteroatoms. The highest BCUT2D eigenvalue weighted by atomic mass is 16.1. The lowest BCUT2D eigenvalue weighted by Crippen LogP contribution is -2.38. The third-order valence-electron chi connectivity index (χ3n) is 4.51. The van der Waals surface area contributed by atoms with Crippen molar-refractivity contribution in [2.75, 3.05) is 0 Å². The summed E-state index contributed by atoms with van der Waals surface area (Å²) in [6, 6.07) is 7.70. The highest BCUT2D eigenvalue weighted by Crippen LogP contribution is 2.38. The van der Waals surface area contributed by atoms with Crippen LogP contribution in [0, 0.1) is 0 Å². The third-order valence-corrected chi connectivity index (χ3v) is 4.51. The highest BCUT2D eigenvalue weighted by molar-refractivity contribution is 6.06. The molecule has 1 aliphatic rings. The molecular formula is C17H15N3O. The van der Waals surface area contributed by atoms with Crippen molar-refractivity contribution >= 4 is 11.4 Å². The molecule has 0 bridgehead atoms. The Morgan fingerprint density at radius 3 is 2.95 bits per heavy atom. The summed E-state index contributed by atoms with van der Waals surface area (Å²) in [5.41, 5.74) is 2.98. The number of carbonyl (C=O) groups is 1. The molecule has 104 valence electrons. The number of pyridine rings is 2. The first-order chi connectivity index (χ1) is 10.2. The lowest BCUT2D eigenvalue weighted by Gasteiger charge is -2.33. The molecule has 0 saturated carbocycles. The Bertz CT molecular complexity index is 852. The maximum Gasteiger partial charge on any atom is 0.175 e. The van der Waals surface area contributed by atoms with Gasteiger partial charge in [-0.2, -0.15) is 0 Å². The van der Waals surface area contributed by atoms with Gasteiger partial charge >= 0.3 is 0 Å². The van der Waals surface area contributed by atoms with E-state index in [1.54, 1.807) is 12.4 Å². The van der Waals surface area contributed by atoms with E-state index in [0.717, 1.165) is 35.3 Å². The molecule has 0 aliphatic heterocycles. The summed E-state index contributed by atoms with van der Waals surface area (Å²) in [7, 11) is 0. The van der Waals surface area contributed by atoms with Gasteiger partial charge in [0.2, 0.25) is 0 Å². The number of aryl methyl sites for hydroxylation is 1. The van der Waals surface area contributed by atoms with E-state index in [2.05, 4.69) is 9.97 Å². The van der Waals surface area contributed by atoms with Crippen LogP contribution in [0.5, 0.6) is 0 Å². The molecule has 0 fully saturated rings. The molecule has 0 N–H and O–H groups in total. The number of rotatable bonds is 1. The first-order valence-electron chi connectivity index (χ1n) is 7.11. The largest absolute Gasteiger partial charge is 0.307 e. The van der Waals surface area contributed by atoms with Crippen molar-refractivity contribution in [1.82, 2.24) is 14.4 Å². The van der Waals surface area contributed by atoms with E-state index in [1.807, 2.05) is 48.0 Å². The Balaban J connectivity index is 1.92. The van der Waals surface area contributed by atoms with Gasteiger partial charge in [0.1, 0.15) is 5.65 Å². The van der Waals surface area contributed by atoms with E-state index >= 15 is 0 Å². The summed E-state index contributed by atoms with van der Waals surface area (Å²) >= 11 is 0. The van der Waals surface area contributed by atoms with E-state index < -0.39 is 5.41 Å². The van der Waals surface area contributed by atoms with Gasteiger partial charge < -0.3 is 4.40 Å². The van der Waals surface area contributed by atoms with Gasteiger partial charge in [-0.15, -0.1) is 0 Å². The maximum atomic E-state index is 13.0. The molecule has 3 heterocycles. The van der Waals surface area contributed by atoms with Crippen LogP contribution in [0.2, 0.25) is 0 Å². The fourth-order valence-corrected chi connectivity index (χ4v) is 3.26. The second-order valence-electron chi connectivity index (χ2n) is 5.74. The Morgan fingerprint density at radius 1 is 1.14 bits per heavy atom. The minimum atomic E-state index is -0.538. The zero-order valence-electron chi connectivity index (χ0n) is 11.8. The summed E-state index contributed by atoms with van der Waals surface area (Å²) < 4.78 is 1.96. The molecule has 1 unspecified atom stereocenters. The van der Waals surface area contributed by atoms with Gasteiger partial charge in [-0.05, 0) is 38.0 Å². The van der Waals surface area contributed by atoms with E-state index in [1.165, 1.54) is 0 Å². The lowest BCUT2D eigenvalue weighted by molar-refractivity contribution is 0.0875. The van der Waals surface area contributed by atoms with Crippen molar-refractivity contribution in [3.8, 4) is 0 Å². The van der Waals surface area contributed by atoms with Crippen molar-refractivity contribution in [2.24, 2.45) is 0 Å². The topological polar surface area (TPSA) is 47.3 Å². The van der Waals surface area contributed by atoms with Crippen LogP contribution in [0.4, 0.5) is 0 Å². The predicted molar refractivity (Wildman–Crippen MR) is 79.4 cm³/mol. The molecule has 0 amide bonds. The van der Waals surface area contributed by atoms with E-state index in [0.29, 0.717) is 0 Å². The minimum Gasteiger partial charge on any atom is -0.307 e. The normalized spacial score (nSPS) is 21.5. The molecule has 3 aromatic rings. The first kappa shape index (κ1) is 12.3. The standard InChI is InChI=1S/C17H15N3O/c1-17(13-5-3-10-20-11-9-19-16(13)20)7-6-14-12(15(17)21)4-2-8-18-14/h2-5,8-11H,6-7H2,1H3. The molecule has 0 spiro atoms. The smallest absolute Gasteiger partial charge is 0.175 e. The molecule has 0 aromatic carbocycles. The van der Waals surface area contributed by atoms with Crippen molar-refractivity contribution < 1.29 is 4.79 Å². The Kier molecular flexibility index (Phi) is 2.48. The fraction of sp³-hybridized carbons (Fsp3) is 0.235. The number of fused-ring (bicyclic) bond motifs is 2. The molecule has 3 aromatic heterocycles. The highest BCUT2D eigenvalue weighted by Gasteiger charge is 2.41. The summed E-state index contributed by atoms with van der Waals surface area (Å²) in [6.45, 7) is 2.02. The van der Waals surface area contributed by atoms with Crippen molar-refractivity contribution in [3.05, 3.63) is 65.9 Å². The summed E-state index contributed by atoms with van der Waals surface area (Å²) in [6.07, 6.45) is 8.97. The minimum absolute atomic E-state index is 0.146. The second-order valence-corrected chi connectivity index (χ2v) is 5.74. The molecule has 0 saturated heterocycles. The van der Waals surface area contributed by atoms with E-state index in [9.17, 15) is 4.79 Å². The SMILES string of the molecule is CC1(c2cccn3ccnc23)CCc2ncccc2C1=O. The number of ketones is 1. The average Bonchev–Trinajstić information content (AvgIpc) is 3.00. The Hall–Kier alpha value is -2.49. The van der Waals surface area contributed by atoms with Gasteiger partial charge in [0.25, 0.3) is 0 Å². The molecule has 1 atom stereocenters.